The number of nitrogens with zero attached hydrogens (tertiary/aromatic N) is 1. The van der Waals surface area contributed by atoms with Crippen molar-refractivity contribution in [2.75, 3.05) is 26.2 Å². The predicted octanol–water partition coefficient (Wildman–Crippen LogP) is 3.31. The maximum Gasteiger partial charge on any atom is 0.0569 e. The molecular weight excluding hydrogens is 186 g/mol. The van der Waals surface area contributed by atoms with E-state index in [0.29, 0.717) is 6.10 Å². The zero-order valence-electron chi connectivity index (χ0n) is 11.1. The molecule has 92 valence electrons. The molecule has 0 unspecified atom stereocenters. The van der Waals surface area contributed by atoms with Crippen molar-refractivity contribution in [3.05, 3.63) is 0 Å². The maximum atomic E-state index is 5.77. The first kappa shape index (κ1) is 14.9. The van der Waals surface area contributed by atoms with E-state index in [1.165, 1.54) is 32.5 Å². The third kappa shape index (κ3) is 7.80. The van der Waals surface area contributed by atoms with Crippen molar-refractivity contribution in [3.63, 3.8) is 0 Å². The average Bonchev–Trinajstić information content (AvgIpc) is 2.29. The Labute approximate surface area is 96.0 Å². The Morgan fingerprint density at radius 2 is 1.53 bits per heavy atom. The van der Waals surface area contributed by atoms with Gasteiger partial charge in [-0.1, -0.05) is 27.7 Å². The van der Waals surface area contributed by atoms with E-state index in [4.69, 9.17) is 4.74 Å². The molecule has 0 aliphatic carbocycles. The van der Waals surface area contributed by atoms with Crippen molar-refractivity contribution in [3.8, 4) is 0 Å². The van der Waals surface area contributed by atoms with Crippen molar-refractivity contribution in [2.45, 2.75) is 59.5 Å². The van der Waals surface area contributed by atoms with Crippen LogP contribution < -0.4 is 0 Å². The standard InChI is InChI=1S/C13H29NO/c1-5-13(6-2)15-12-10-9-11-14(7-3)8-4/h13H,5-12H2,1-4H3. The fraction of sp³-hybridized carbons (Fsp3) is 1.00. The largest absolute Gasteiger partial charge is 0.378 e. The van der Waals surface area contributed by atoms with Crippen LogP contribution in [-0.4, -0.2) is 37.2 Å². The highest BCUT2D eigenvalue weighted by Crippen LogP contribution is 2.04. The van der Waals surface area contributed by atoms with E-state index in [9.17, 15) is 0 Å². The summed E-state index contributed by atoms with van der Waals surface area (Å²) in [4.78, 5) is 2.47. The Kier molecular flexibility index (Phi) is 10.4. The van der Waals surface area contributed by atoms with E-state index in [-0.39, 0.29) is 0 Å². The molecule has 0 amide bonds. The van der Waals surface area contributed by atoms with Gasteiger partial charge >= 0.3 is 0 Å². The molecule has 0 N–H and O–H groups in total. The zero-order chi connectivity index (χ0) is 11.5. The van der Waals surface area contributed by atoms with Crippen molar-refractivity contribution in [2.24, 2.45) is 0 Å². The van der Waals surface area contributed by atoms with Crippen LogP contribution in [0.15, 0.2) is 0 Å². The summed E-state index contributed by atoms with van der Waals surface area (Å²) in [6.07, 6.45) is 5.24. The smallest absolute Gasteiger partial charge is 0.0569 e. The second-order valence-corrected chi connectivity index (χ2v) is 4.04. The summed E-state index contributed by atoms with van der Waals surface area (Å²) in [7, 11) is 0. The molecule has 0 atom stereocenters. The van der Waals surface area contributed by atoms with Crippen molar-refractivity contribution in [1.82, 2.24) is 4.90 Å². The van der Waals surface area contributed by atoms with Crippen LogP contribution in [0.4, 0.5) is 0 Å². The van der Waals surface area contributed by atoms with Crippen molar-refractivity contribution >= 4 is 0 Å². The SMILES string of the molecule is CCC(CC)OCCCCN(CC)CC. The van der Waals surface area contributed by atoms with E-state index < -0.39 is 0 Å². The summed E-state index contributed by atoms with van der Waals surface area (Å²) in [5.74, 6) is 0. The van der Waals surface area contributed by atoms with Crippen molar-refractivity contribution < 1.29 is 4.74 Å². The van der Waals surface area contributed by atoms with Crippen LogP contribution in [0, 0.1) is 0 Å². The molecule has 0 saturated carbocycles. The van der Waals surface area contributed by atoms with E-state index in [1.807, 2.05) is 0 Å². The number of unbranched alkanes of at least 4 members (excludes halogenated alkanes) is 1. The first-order valence-electron chi connectivity index (χ1n) is 6.62. The number of hydrogen-bond acceptors (Lipinski definition) is 2. The van der Waals surface area contributed by atoms with Gasteiger partial charge in [0.05, 0.1) is 6.10 Å². The molecule has 0 spiro atoms. The van der Waals surface area contributed by atoms with Gasteiger partial charge in [0.2, 0.25) is 0 Å². The second kappa shape index (κ2) is 10.4. The summed E-state index contributed by atoms with van der Waals surface area (Å²) in [6, 6.07) is 0. The Bertz CT molecular complexity index is 106. The molecular formula is C13H29NO. The highest BCUT2D eigenvalue weighted by Gasteiger charge is 2.03. The minimum absolute atomic E-state index is 0.485. The number of ether oxygens (including phenoxy) is 1. The van der Waals surface area contributed by atoms with Crippen molar-refractivity contribution in [1.29, 1.82) is 0 Å². The molecule has 0 aromatic rings. The summed E-state index contributed by atoms with van der Waals surface area (Å²) in [6.45, 7) is 13.4. The zero-order valence-corrected chi connectivity index (χ0v) is 11.1. The Morgan fingerprint density at radius 3 is 2.00 bits per heavy atom. The van der Waals surface area contributed by atoms with Gasteiger partial charge in [-0.15, -0.1) is 0 Å². The van der Waals surface area contributed by atoms with Crippen LogP contribution in [0.1, 0.15) is 53.4 Å². The molecule has 0 aliphatic rings. The molecule has 0 aliphatic heterocycles. The third-order valence-electron chi connectivity index (χ3n) is 3.03. The predicted molar refractivity (Wildman–Crippen MR) is 67.3 cm³/mol. The highest BCUT2D eigenvalue weighted by molar-refractivity contribution is 4.54. The summed E-state index contributed by atoms with van der Waals surface area (Å²) in [5, 5.41) is 0. The third-order valence-corrected chi connectivity index (χ3v) is 3.03. The molecule has 0 bridgehead atoms. The molecule has 0 aromatic heterocycles. The lowest BCUT2D eigenvalue weighted by Gasteiger charge is -2.18. The fourth-order valence-electron chi connectivity index (χ4n) is 1.75. The first-order valence-corrected chi connectivity index (χ1v) is 6.62. The Hall–Kier alpha value is -0.0800. The summed E-state index contributed by atoms with van der Waals surface area (Å²) in [5.41, 5.74) is 0. The monoisotopic (exact) mass is 215 g/mol. The maximum absolute atomic E-state index is 5.77. The minimum atomic E-state index is 0.485. The molecule has 15 heavy (non-hydrogen) atoms. The van der Waals surface area contributed by atoms with Gasteiger partial charge in [-0.25, -0.2) is 0 Å². The van der Waals surface area contributed by atoms with Gasteiger partial charge in [-0.3, -0.25) is 0 Å². The molecule has 0 rings (SSSR count). The van der Waals surface area contributed by atoms with Gasteiger partial charge in [-0.05, 0) is 45.3 Å². The Morgan fingerprint density at radius 1 is 0.933 bits per heavy atom. The Balaban J connectivity index is 3.30. The molecule has 0 aromatic carbocycles. The molecule has 0 heterocycles. The molecule has 2 heteroatoms. The van der Waals surface area contributed by atoms with Crippen LogP contribution in [-0.2, 0) is 4.74 Å². The molecule has 0 fully saturated rings. The number of rotatable bonds is 10. The molecule has 0 radical (unpaired) electrons. The van der Waals surface area contributed by atoms with Gasteiger partial charge in [-0.2, -0.15) is 0 Å². The van der Waals surface area contributed by atoms with Crippen LogP contribution >= 0.6 is 0 Å². The topological polar surface area (TPSA) is 12.5 Å². The average molecular weight is 215 g/mol. The van der Waals surface area contributed by atoms with Crippen LogP contribution in [0.2, 0.25) is 0 Å². The number of hydrogen-bond donors (Lipinski definition) is 0. The van der Waals surface area contributed by atoms with Crippen LogP contribution in [0.25, 0.3) is 0 Å². The van der Waals surface area contributed by atoms with Gasteiger partial charge in [0, 0.05) is 6.61 Å². The summed E-state index contributed by atoms with van der Waals surface area (Å²) >= 11 is 0. The van der Waals surface area contributed by atoms with E-state index in [2.05, 4.69) is 32.6 Å². The summed E-state index contributed by atoms with van der Waals surface area (Å²) < 4.78 is 5.77. The van der Waals surface area contributed by atoms with Gasteiger partial charge in [0.15, 0.2) is 0 Å². The highest BCUT2D eigenvalue weighted by atomic mass is 16.5. The molecule has 2 nitrogen and oxygen atoms in total. The van der Waals surface area contributed by atoms with Gasteiger partial charge in [0.1, 0.15) is 0 Å². The quantitative estimate of drug-likeness (QED) is 0.518. The van der Waals surface area contributed by atoms with E-state index >= 15 is 0 Å². The lowest BCUT2D eigenvalue weighted by molar-refractivity contribution is 0.0448. The minimum Gasteiger partial charge on any atom is -0.378 e. The lowest BCUT2D eigenvalue weighted by Crippen LogP contribution is -2.24. The van der Waals surface area contributed by atoms with E-state index in [1.54, 1.807) is 0 Å². The van der Waals surface area contributed by atoms with Gasteiger partial charge < -0.3 is 9.64 Å². The molecule has 0 saturated heterocycles. The van der Waals surface area contributed by atoms with Gasteiger partial charge in [0.25, 0.3) is 0 Å². The fourth-order valence-corrected chi connectivity index (χ4v) is 1.75. The second-order valence-electron chi connectivity index (χ2n) is 4.04. The van der Waals surface area contributed by atoms with Crippen LogP contribution in [0.5, 0.6) is 0 Å². The van der Waals surface area contributed by atoms with E-state index in [0.717, 1.165) is 19.4 Å². The first-order chi connectivity index (χ1) is 7.28. The normalized spacial score (nSPS) is 11.6. The lowest BCUT2D eigenvalue weighted by atomic mass is 10.2. The van der Waals surface area contributed by atoms with Crippen LogP contribution in [0.3, 0.4) is 0 Å².